The van der Waals surface area contributed by atoms with E-state index in [2.05, 4.69) is 51.0 Å². The van der Waals surface area contributed by atoms with Crippen LogP contribution in [0.25, 0.3) is 0 Å². The van der Waals surface area contributed by atoms with Crippen molar-refractivity contribution in [2.45, 2.75) is 32.9 Å². The first-order valence-electron chi connectivity index (χ1n) is 5.96. The molecule has 1 atom stereocenters. The molecule has 1 aromatic carbocycles. The summed E-state index contributed by atoms with van der Waals surface area (Å²) in [4.78, 5) is 0. The minimum atomic E-state index is 0.193. The Morgan fingerprint density at radius 2 is 1.78 bits per heavy atom. The van der Waals surface area contributed by atoms with Gasteiger partial charge in [-0.3, -0.25) is 0 Å². The molecular weight excluding hydrogens is 362 g/mol. The van der Waals surface area contributed by atoms with Gasteiger partial charge in [0.1, 0.15) is 5.75 Å². The molecule has 0 heterocycles. The van der Waals surface area contributed by atoms with E-state index < -0.39 is 0 Å². The molecule has 0 spiro atoms. The van der Waals surface area contributed by atoms with E-state index in [4.69, 9.17) is 5.11 Å². The maximum absolute atomic E-state index is 9.63. The lowest BCUT2D eigenvalue weighted by molar-refractivity contribution is 0.244. The van der Waals surface area contributed by atoms with Crippen molar-refractivity contribution in [2.75, 3.05) is 6.61 Å². The first-order valence-corrected chi connectivity index (χ1v) is 7.55. The van der Waals surface area contributed by atoms with E-state index in [-0.39, 0.29) is 12.4 Å². The smallest absolute Gasteiger partial charge is 0.143 e. The summed E-state index contributed by atoms with van der Waals surface area (Å²) in [7, 11) is 0. The molecule has 0 amide bonds. The van der Waals surface area contributed by atoms with Crippen LogP contribution in [0, 0.1) is 5.92 Å². The molecule has 3 N–H and O–H groups in total. The van der Waals surface area contributed by atoms with Crippen LogP contribution in [0.15, 0.2) is 21.1 Å². The summed E-state index contributed by atoms with van der Waals surface area (Å²) < 4.78 is 1.36. The highest BCUT2D eigenvalue weighted by atomic mass is 79.9. The van der Waals surface area contributed by atoms with Crippen LogP contribution < -0.4 is 5.32 Å². The molecule has 1 unspecified atom stereocenters. The van der Waals surface area contributed by atoms with Crippen LogP contribution >= 0.6 is 31.9 Å². The minimum absolute atomic E-state index is 0.193. The predicted octanol–water partition coefficient (Wildman–Crippen LogP) is 3.41. The standard InChI is InChI=1S/C13H19Br2NO2/c1-8(2)12(3-4-17)16-7-9-5-10(14)13(18)11(15)6-9/h5-6,8,12,16-18H,3-4,7H2,1-2H3. The number of benzene rings is 1. The fraction of sp³-hybridized carbons (Fsp3) is 0.538. The Morgan fingerprint density at radius 1 is 1.22 bits per heavy atom. The van der Waals surface area contributed by atoms with E-state index >= 15 is 0 Å². The maximum Gasteiger partial charge on any atom is 0.143 e. The fourth-order valence-electron chi connectivity index (χ4n) is 1.78. The van der Waals surface area contributed by atoms with Gasteiger partial charge in [0.15, 0.2) is 0 Å². The number of hydrogen-bond donors (Lipinski definition) is 3. The summed E-state index contributed by atoms with van der Waals surface area (Å²) in [5.74, 6) is 0.690. The Labute approximate surface area is 125 Å². The van der Waals surface area contributed by atoms with Gasteiger partial charge in [0.2, 0.25) is 0 Å². The lowest BCUT2D eigenvalue weighted by Crippen LogP contribution is -2.34. The van der Waals surface area contributed by atoms with Gasteiger partial charge in [-0.05, 0) is 61.9 Å². The predicted molar refractivity (Wildman–Crippen MR) is 80.7 cm³/mol. The normalized spacial score (nSPS) is 13.0. The van der Waals surface area contributed by atoms with E-state index in [1.54, 1.807) is 0 Å². The van der Waals surface area contributed by atoms with Gasteiger partial charge >= 0.3 is 0 Å². The van der Waals surface area contributed by atoms with Crippen molar-refractivity contribution in [1.29, 1.82) is 0 Å². The molecule has 0 saturated heterocycles. The van der Waals surface area contributed by atoms with Crippen LogP contribution in [0.3, 0.4) is 0 Å². The molecule has 0 bridgehead atoms. The van der Waals surface area contributed by atoms with Gasteiger partial charge in [-0.2, -0.15) is 0 Å². The molecule has 5 heteroatoms. The maximum atomic E-state index is 9.63. The van der Waals surface area contributed by atoms with Crippen LogP contribution in [0.1, 0.15) is 25.8 Å². The van der Waals surface area contributed by atoms with Crippen molar-refractivity contribution < 1.29 is 10.2 Å². The lowest BCUT2D eigenvalue weighted by Gasteiger charge is -2.21. The second-order valence-corrected chi connectivity index (χ2v) is 6.36. The first kappa shape index (κ1) is 16.0. The fourth-order valence-corrected chi connectivity index (χ4v) is 3.06. The van der Waals surface area contributed by atoms with Crippen LogP contribution in [0.4, 0.5) is 0 Å². The molecule has 3 nitrogen and oxygen atoms in total. The summed E-state index contributed by atoms with van der Waals surface area (Å²) in [6.45, 7) is 5.17. The monoisotopic (exact) mass is 379 g/mol. The highest BCUT2D eigenvalue weighted by molar-refractivity contribution is 9.11. The Balaban J connectivity index is 2.67. The number of rotatable bonds is 6. The Bertz CT molecular complexity index is 374. The zero-order chi connectivity index (χ0) is 13.7. The SMILES string of the molecule is CC(C)C(CCO)NCc1cc(Br)c(O)c(Br)c1. The van der Waals surface area contributed by atoms with Crippen molar-refractivity contribution in [3.8, 4) is 5.75 Å². The van der Waals surface area contributed by atoms with Crippen LogP contribution in [-0.2, 0) is 6.54 Å². The second kappa shape index (κ2) is 7.48. The molecule has 0 aliphatic carbocycles. The Morgan fingerprint density at radius 3 is 2.22 bits per heavy atom. The van der Waals surface area contributed by atoms with Gasteiger partial charge in [0, 0.05) is 19.2 Å². The molecule has 0 aromatic heterocycles. The van der Waals surface area contributed by atoms with Gasteiger partial charge in [-0.1, -0.05) is 13.8 Å². The summed E-state index contributed by atoms with van der Waals surface area (Å²) in [5, 5.41) is 22.1. The lowest BCUT2D eigenvalue weighted by atomic mass is 10.0. The highest BCUT2D eigenvalue weighted by Crippen LogP contribution is 2.33. The second-order valence-electron chi connectivity index (χ2n) is 4.65. The molecule has 0 fully saturated rings. The number of aromatic hydroxyl groups is 1. The van der Waals surface area contributed by atoms with E-state index in [9.17, 15) is 5.11 Å². The van der Waals surface area contributed by atoms with E-state index in [0.717, 1.165) is 12.0 Å². The summed E-state index contributed by atoms with van der Waals surface area (Å²) in [5.41, 5.74) is 1.08. The quantitative estimate of drug-likeness (QED) is 0.708. The Hall–Kier alpha value is -0.100. The number of aliphatic hydroxyl groups is 1. The molecular formula is C13H19Br2NO2. The molecule has 0 aliphatic rings. The van der Waals surface area contributed by atoms with E-state index in [1.807, 2.05) is 12.1 Å². The van der Waals surface area contributed by atoms with Crippen molar-refractivity contribution in [1.82, 2.24) is 5.32 Å². The van der Waals surface area contributed by atoms with Gasteiger partial charge in [0.05, 0.1) is 8.95 Å². The van der Waals surface area contributed by atoms with Gasteiger partial charge in [0.25, 0.3) is 0 Å². The molecule has 1 aromatic rings. The summed E-state index contributed by atoms with van der Waals surface area (Å²) in [6.07, 6.45) is 0.748. The van der Waals surface area contributed by atoms with Crippen molar-refractivity contribution in [2.24, 2.45) is 5.92 Å². The van der Waals surface area contributed by atoms with Crippen LogP contribution in [0.5, 0.6) is 5.75 Å². The topological polar surface area (TPSA) is 52.5 Å². The van der Waals surface area contributed by atoms with Gasteiger partial charge in [-0.15, -0.1) is 0 Å². The third-order valence-corrected chi connectivity index (χ3v) is 4.10. The molecule has 0 saturated carbocycles. The minimum Gasteiger partial charge on any atom is -0.506 e. The van der Waals surface area contributed by atoms with E-state index in [1.165, 1.54) is 0 Å². The van der Waals surface area contributed by atoms with Gasteiger partial charge < -0.3 is 15.5 Å². The number of phenols is 1. The largest absolute Gasteiger partial charge is 0.506 e. The van der Waals surface area contributed by atoms with Crippen LogP contribution in [-0.4, -0.2) is 22.9 Å². The number of aliphatic hydroxyl groups excluding tert-OH is 1. The van der Waals surface area contributed by atoms with Crippen molar-refractivity contribution in [3.05, 3.63) is 26.6 Å². The number of phenolic OH excluding ortho intramolecular Hbond substituents is 1. The first-order chi connectivity index (χ1) is 8.45. The number of halogens is 2. The molecule has 0 aliphatic heterocycles. The molecule has 1 rings (SSSR count). The third kappa shape index (κ3) is 4.53. The number of nitrogens with one attached hydrogen (secondary N) is 1. The third-order valence-electron chi connectivity index (χ3n) is 2.89. The summed E-state index contributed by atoms with van der Waals surface area (Å²) in [6, 6.07) is 4.08. The van der Waals surface area contributed by atoms with Crippen molar-refractivity contribution >= 4 is 31.9 Å². The number of hydrogen-bond acceptors (Lipinski definition) is 3. The zero-order valence-electron chi connectivity index (χ0n) is 10.6. The average Bonchev–Trinajstić information content (AvgIpc) is 2.30. The Kier molecular flexibility index (Phi) is 6.63. The molecule has 18 heavy (non-hydrogen) atoms. The average molecular weight is 381 g/mol. The van der Waals surface area contributed by atoms with Crippen LogP contribution in [0.2, 0.25) is 0 Å². The van der Waals surface area contributed by atoms with E-state index in [0.29, 0.717) is 27.4 Å². The van der Waals surface area contributed by atoms with Crippen molar-refractivity contribution in [3.63, 3.8) is 0 Å². The van der Waals surface area contributed by atoms with Gasteiger partial charge in [-0.25, -0.2) is 0 Å². The molecule has 102 valence electrons. The molecule has 0 radical (unpaired) electrons. The highest BCUT2D eigenvalue weighted by Gasteiger charge is 2.13. The zero-order valence-corrected chi connectivity index (χ0v) is 13.8. The summed E-state index contributed by atoms with van der Waals surface area (Å²) >= 11 is 6.63.